The Labute approximate surface area is 187 Å². The number of carbonyl (C=O) groups excluding carboxylic acids is 1. The van der Waals surface area contributed by atoms with Gasteiger partial charge in [0.25, 0.3) is 0 Å². The van der Waals surface area contributed by atoms with Gasteiger partial charge in [0.1, 0.15) is 22.3 Å². The molecule has 0 spiro atoms. The number of aryl methyl sites for hydroxylation is 3. The first-order chi connectivity index (χ1) is 15.5. The lowest BCUT2D eigenvalue weighted by molar-refractivity contribution is 0.201. The second kappa shape index (κ2) is 9.69. The Kier molecular flexibility index (Phi) is 6.55. The highest BCUT2D eigenvalue weighted by Crippen LogP contribution is 2.32. The van der Waals surface area contributed by atoms with Gasteiger partial charge in [0, 0.05) is 19.3 Å². The van der Waals surface area contributed by atoms with Crippen LogP contribution in [-0.2, 0) is 19.5 Å². The highest BCUT2D eigenvalue weighted by atomic mass is 32.1. The van der Waals surface area contributed by atoms with Gasteiger partial charge in [-0.15, -0.1) is 0 Å². The molecular formula is C23H20F2N4O2S. The molecular weight excluding hydrogens is 434 g/mol. The Morgan fingerprint density at radius 3 is 2.38 bits per heavy atom. The van der Waals surface area contributed by atoms with Crippen LogP contribution in [0.25, 0.3) is 10.7 Å². The summed E-state index contributed by atoms with van der Waals surface area (Å²) in [4.78, 5) is 16.6. The molecule has 9 heteroatoms. The van der Waals surface area contributed by atoms with E-state index in [0.717, 1.165) is 17.5 Å². The van der Waals surface area contributed by atoms with Crippen molar-refractivity contribution in [3.8, 4) is 15.8 Å². The lowest BCUT2D eigenvalue weighted by Crippen LogP contribution is -2.26. The fourth-order valence-corrected chi connectivity index (χ4v) is 3.86. The van der Waals surface area contributed by atoms with Crippen LogP contribution in [0, 0.1) is 18.6 Å². The van der Waals surface area contributed by atoms with Gasteiger partial charge in [-0.1, -0.05) is 35.6 Å². The number of halogens is 2. The topological polar surface area (TPSA) is 69.0 Å². The molecule has 2 aromatic heterocycles. The van der Waals surface area contributed by atoms with Crippen LogP contribution < -0.4 is 10.1 Å². The summed E-state index contributed by atoms with van der Waals surface area (Å²) >= 11 is 1.23. The number of nitrogens with one attached hydrogen (secondary N) is 1. The van der Waals surface area contributed by atoms with E-state index in [1.165, 1.54) is 35.6 Å². The SMILES string of the molecule is Cc1nc(-c2ccn(CCc3ccc(F)cc3)n2)sc1OC(=O)NCc1ccc(F)cc1. The third kappa shape index (κ3) is 5.55. The summed E-state index contributed by atoms with van der Waals surface area (Å²) in [7, 11) is 0. The summed E-state index contributed by atoms with van der Waals surface area (Å²) in [5.41, 5.74) is 3.05. The van der Waals surface area contributed by atoms with E-state index in [4.69, 9.17) is 4.74 Å². The second-order valence-electron chi connectivity index (χ2n) is 7.10. The summed E-state index contributed by atoms with van der Waals surface area (Å²) in [6.45, 7) is 2.63. The largest absolute Gasteiger partial charge is 0.413 e. The molecule has 0 aliphatic heterocycles. The normalized spacial score (nSPS) is 10.8. The zero-order valence-corrected chi connectivity index (χ0v) is 18.0. The van der Waals surface area contributed by atoms with E-state index in [9.17, 15) is 13.6 Å². The number of aromatic nitrogens is 3. The number of hydrogen-bond acceptors (Lipinski definition) is 5. The van der Waals surface area contributed by atoms with Crippen LogP contribution in [0.2, 0.25) is 0 Å². The van der Waals surface area contributed by atoms with Crippen LogP contribution in [0.1, 0.15) is 16.8 Å². The number of nitrogens with zero attached hydrogens (tertiary/aromatic N) is 3. The summed E-state index contributed by atoms with van der Waals surface area (Å²) in [5.74, 6) is -0.585. The van der Waals surface area contributed by atoms with Gasteiger partial charge in [0.2, 0.25) is 5.06 Å². The Bertz CT molecular complexity index is 1200. The quantitative estimate of drug-likeness (QED) is 0.421. The minimum atomic E-state index is -0.613. The lowest BCUT2D eigenvalue weighted by atomic mass is 10.1. The van der Waals surface area contributed by atoms with Crippen LogP contribution in [0.3, 0.4) is 0 Å². The molecule has 0 aliphatic carbocycles. The fourth-order valence-electron chi connectivity index (χ4n) is 2.98. The minimum absolute atomic E-state index is 0.224. The van der Waals surface area contributed by atoms with E-state index < -0.39 is 6.09 Å². The predicted molar refractivity (Wildman–Crippen MR) is 117 cm³/mol. The first kappa shape index (κ1) is 21.6. The van der Waals surface area contributed by atoms with E-state index in [0.29, 0.717) is 28.0 Å². The Hall–Kier alpha value is -3.59. The molecule has 0 radical (unpaired) electrons. The van der Waals surface area contributed by atoms with Crippen LogP contribution in [0.4, 0.5) is 13.6 Å². The molecule has 0 unspecified atom stereocenters. The van der Waals surface area contributed by atoms with Gasteiger partial charge in [0.05, 0.1) is 5.69 Å². The molecule has 4 rings (SSSR count). The summed E-state index contributed by atoms with van der Waals surface area (Å²) in [6, 6.07) is 14.1. The van der Waals surface area contributed by atoms with Crippen LogP contribution in [0.15, 0.2) is 60.8 Å². The van der Waals surface area contributed by atoms with Gasteiger partial charge < -0.3 is 10.1 Å². The maximum atomic E-state index is 13.0. The zero-order valence-electron chi connectivity index (χ0n) is 17.2. The summed E-state index contributed by atoms with van der Waals surface area (Å²) in [5, 5.41) is 8.20. The molecule has 0 saturated carbocycles. The molecule has 0 atom stereocenters. The van der Waals surface area contributed by atoms with Crippen molar-refractivity contribution in [2.45, 2.75) is 26.4 Å². The average Bonchev–Trinajstić information content (AvgIpc) is 3.40. The van der Waals surface area contributed by atoms with Crippen molar-refractivity contribution in [3.05, 3.63) is 89.2 Å². The fraction of sp³-hybridized carbons (Fsp3) is 0.174. The molecule has 1 N–H and O–H groups in total. The van der Waals surface area contributed by atoms with E-state index in [1.807, 2.05) is 12.3 Å². The highest BCUT2D eigenvalue weighted by molar-refractivity contribution is 7.17. The number of hydrogen-bond donors (Lipinski definition) is 1. The van der Waals surface area contributed by atoms with Gasteiger partial charge in [0.15, 0.2) is 0 Å². The van der Waals surface area contributed by atoms with E-state index in [1.54, 1.807) is 35.9 Å². The number of benzene rings is 2. The molecule has 2 aromatic carbocycles. The Balaban J connectivity index is 1.34. The van der Waals surface area contributed by atoms with Crippen molar-refractivity contribution in [2.24, 2.45) is 0 Å². The molecule has 4 aromatic rings. The van der Waals surface area contributed by atoms with Gasteiger partial charge in [-0.3, -0.25) is 4.68 Å². The van der Waals surface area contributed by atoms with Crippen molar-refractivity contribution in [1.29, 1.82) is 0 Å². The van der Waals surface area contributed by atoms with Crippen LogP contribution in [-0.4, -0.2) is 20.9 Å². The van der Waals surface area contributed by atoms with Crippen molar-refractivity contribution in [3.63, 3.8) is 0 Å². The lowest BCUT2D eigenvalue weighted by Gasteiger charge is -2.05. The minimum Gasteiger partial charge on any atom is -0.397 e. The average molecular weight is 455 g/mol. The highest BCUT2D eigenvalue weighted by Gasteiger charge is 2.16. The number of ether oxygens (including phenoxy) is 1. The molecule has 32 heavy (non-hydrogen) atoms. The Morgan fingerprint density at radius 2 is 1.69 bits per heavy atom. The van der Waals surface area contributed by atoms with Crippen molar-refractivity contribution in [2.75, 3.05) is 0 Å². The van der Waals surface area contributed by atoms with Crippen molar-refractivity contribution >= 4 is 17.4 Å². The standard InChI is InChI=1S/C23H20F2N4O2S/c1-15-22(31-23(30)26-14-17-4-8-19(25)9-5-17)32-21(27-15)20-11-13-29(28-20)12-10-16-2-6-18(24)7-3-16/h2-9,11,13H,10,12,14H2,1H3,(H,26,30). The molecule has 2 heterocycles. The molecule has 164 valence electrons. The van der Waals surface area contributed by atoms with E-state index >= 15 is 0 Å². The molecule has 6 nitrogen and oxygen atoms in total. The Morgan fingerprint density at radius 1 is 1.03 bits per heavy atom. The van der Waals surface area contributed by atoms with Crippen molar-refractivity contribution < 1.29 is 18.3 Å². The second-order valence-corrected chi connectivity index (χ2v) is 8.06. The van der Waals surface area contributed by atoms with Gasteiger partial charge in [-0.05, 0) is 54.8 Å². The van der Waals surface area contributed by atoms with E-state index in [-0.39, 0.29) is 18.2 Å². The zero-order chi connectivity index (χ0) is 22.5. The molecule has 0 aliphatic rings. The number of rotatable bonds is 7. The summed E-state index contributed by atoms with van der Waals surface area (Å²) in [6.07, 6.45) is 1.96. The smallest absolute Gasteiger partial charge is 0.397 e. The van der Waals surface area contributed by atoms with E-state index in [2.05, 4.69) is 15.4 Å². The number of carbonyl (C=O) groups is 1. The van der Waals surface area contributed by atoms with Crippen LogP contribution in [0.5, 0.6) is 5.06 Å². The first-order valence-corrected chi connectivity index (χ1v) is 10.7. The molecule has 1 amide bonds. The molecule has 0 saturated heterocycles. The summed E-state index contributed by atoms with van der Waals surface area (Å²) < 4.78 is 33.2. The van der Waals surface area contributed by atoms with Gasteiger partial charge in [-0.25, -0.2) is 18.6 Å². The van der Waals surface area contributed by atoms with Gasteiger partial charge >= 0.3 is 6.09 Å². The first-order valence-electron chi connectivity index (χ1n) is 9.92. The maximum absolute atomic E-state index is 13.0. The number of amides is 1. The molecule has 0 fully saturated rings. The monoisotopic (exact) mass is 454 g/mol. The van der Waals surface area contributed by atoms with Crippen molar-refractivity contribution in [1.82, 2.24) is 20.1 Å². The third-order valence-corrected chi connectivity index (χ3v) is 5.75. The van der Waals surface area contributed by atoms with Gasteiger partial charge in [-0.2, -0.15) is 5.10 Å². The number of thiazole rings is 1. The van der Waals surface area contributed by atoms with Crippen LogP contribution >= 0.6 is 11.3 Å². The maximum Gasteiger partial charge on any atom is 0.413 e. The predicted octanol–water partition coefficient (Wildman–Crippen LogP) is 5.12. The molecule has 0 bridgehead atoms. The third-order valence-electron chi connectivity index (χ3n) is 4.69.